The summed E-state index contributed by atoms with van der Waals surface area (Å²) >= 11 is 0. The first kappa shape index (κ1) is 19.0. The zero-order chi connectivity index (χ0) is 17.3. The zero-order valence-corrected chi connectivity index (χ0v) is 13.8. The molecule has 0 aliphatic rings. The Morgan fingerprint density at radius 3 is 2.09 bits per heavy atom. The molecule has 1 rings (SSSR count). The third-order valence-electron chi connectivity index (χ3n) is 3.66. The molecule has 0 atom stereocenters. The number of rotatable bonds is 9. The normalized spacial score (nSPS) is 11.1. The smallest absolute Gasteiger partial charge is 0.335 e. The van der Waals surface area contributed by atoms with Crippen LogP contribution in [0.3, 0.4) is 0 Å². The van der Waals surface area contributed by atoms with Crippen molar-refractivity contribution in [2.45, 2.75) is 51.7 Å². The first-order valence-electron chi connectivity index (χ1n) is 7.96. The predicted octanol–water partition coefficient (Wildman–Crippen LogP) is 2.52. The molecule has 0 saturated heterocycles. The highest BCUT2D eigenvalue weighted by Crippen LogP contribution is 2.18. The van der Waals surface area contributed by atoms with E-state index in [2.05, 4.69) is 10.6 Å². The van der Waals surface area contributed by atoms with Crippen molar-refractivity contribution in [1.29, 1.82) is 0 Å². The fraction of sp³-hybridized carbons (Fsp3) is 0.529. The largest absolute Gasteiger partial charge is 0.478 e. The van der Waals surface area contributed by atoms with Gasteiger partial charge in [0.05, 0.1) is 11.2 Å². The summed E-state index contributed by atoms with van der Waals surface area (Å²) in [5, 5.41) is 24.6. The van der Waals surface area contributed by atoms with Crippen LogP contribution >= 0.6 is 0 Å². The Balaban J connectivity index is 2.42. The van der Waals surface area contributed by atoms with E-state index in [0.29, 0.717) is 19.4 Å². The van der Waals surface area contributed by atoms with Crippen LogP contribution in [0.15, 0.2) is 24.3 Å². The van der Waals surface area contributed by atoms with Crippen molar-refractivity contribution in [2.24, 2.45) is 0 Å². The molecule has 0 bridgehead atoms. The van der Waals surface area contributed by atoms with Crippen LogP contribution in [-0.4, -0.2) is 34.4 Å². The Morgan fingerprint density at radius 2 is 1.61 bits per heavy atom. The highest BCUT2D eigenvalue weighted by atomic mass is 16.4. The van der Waals surface area contributed by atoms with Crippen molar-refractivity contribution < 1.29 is 19.8 Å². The lowest BCUT2D eigenvalue weighted by Gasteiger charge is -2.27. The van der Waals surface area contributed by atoms with Crippen LogP contribution < -0.4 is 10.6 Å². The van der Waals surface area contributed by atoms with Crippen LogP contribution in [0.1, 0.15) is 55.5 Å². The zero-order valence-electron chi connectivity index (χ0n) is 13.8. The summed E-state index contributed by atoms with van der Waals surface area (Å²) in [5.41, 5.74) is 0.161. The monoisotopic (exact) mass is 322 g/mol. The molecule has 0 aromatic heterocycles. The molecule has 0 unspecified atom stereocenters. The van der Waals surface area contributed by atoms with Crippen molar-refractivity contribution in [1.82, 2.24) is 10.6 Å². The lowest BCUT2D eigenvalue weighted by Crippen LogP contribution is -2.46. The molecule has 0 radical (unpaired) electrons. The molecule has 0 spiro atoms. The number of amides is 2. The summed E-state index contributed by atoms with van der Waals surface area (Å²) in [6.45, 7) is 4.52. The fourth-order valence-electron chi connectivity index (χ4n) is 2.49. The van der Waals surface area contributed by atoms with E-state index in [1.165, 1.54) is 12.1 Å². The maximum atomic E-state index is 11.8. The number of benzene rings is 1. The van der Waals surface area contributed by atoms with Crippen molar-refractivity contribution in [3.63, 3.8) is 0 Å². The Kier molecular flexibility index (Phi) is 7.54. The number of carboxylic acid groups (broad SMARTS) is 1. The second-order valence-electron chi connectivity index (χ2n) is 5.76. The van der Waals surface area contributed by atoms with Crippen molar-refractivity contribution in [3.05, 3.63) is 35.4 Å². The van der Waals surface area contributed by atoms with Crippen LogP contribution in [0, 0.1) is 0 Å². The summed E-state index contributed by atoms with van der Waals surface area (Å²) in [6.07, 6.45) is 3.01. The molecule has 0 aliphatic carbocycles. The van der Waals surface area contributed by atoms with Gasteiger partial charge in [0.1, 0.15) is 0 Å². The Bertz CT molecular complexity index is 508. The van der Waals surface area contributed by atoms with E-state index < -0.39 is 11.6 Å². The second-order valence-corrected chi connectivity index (χ2v) is 5.76. The fourth-order valence-corrected chi connectivity index (χ4v) is 2.49. The molecule has 0 fully saturated rings. The highest BCUT2D eigenvalue weighted by molar-refractivity contribution is 5.87. The summed E-state index contributed by atoms with van der Waals surface area (Å²) in [7, 11) is 0. The van der Waals surface area contributed by atoms with Crippen LogP contribution in [0.4, 0.5) is 4.79 Å². The minimum Gasteiger partial charge on any atom is -0.478 e. The number of urea groups is 1. The van der Waals surface area contributed by atoms with E-state index in [0.717, 1.165) is 18.4 Å². The average molecular weight is 322 g/mol. The number of carbonyl (C=O) groups is 2. The van der Waals surface area contributed by atoms with Gasteiger partial charge in [0, 0.05) is 13.1 Å². The lowest BCUT2D eigenvalue weighted by atomic mass is 9.93. The van der Waals surface area contributed by atoms with E-state index >= 15 is 0 Å². The summed E-state index contributed by atoms with van der Waals surface area (Å²) in [6, 6.07) is 5.97. The van der Waals surface area contributed by atoms with Crippen LogP contribution in [0.5, 0.6) is 0 Å². The van der Waals surface area contributed by atoms with E-state index in [-0.39, 0.29) is 18.1 Å². The standard InChI is InChI=1S/C17H26N2O4/c1-3-9-17(23,10-4-2)12-19-16(22)18-11-13-5-7-14(8-6-13)15(20)21/h5-8,23H,3-4,9-12H2,1-2H3,(H,20,21)(H2,18,19,22). The molecule has 2 amide bonds. The second kappa shape index (κ2) is 9.15. The van der Waals surface area contributed by atoms with E-state index in [9.17, 15) is 14.7 Å². The van der Waals surface area contributed by atoms with Gasteiger partial charge in [-0.05, 0) is 30.5 Å². The van der Waals surface area contributed by atoms with Gasteiger partial charge < -0.3 is 20.8 Å². The molecule has 0 heterocycles. The Morgan fingerprint density at radius 1 is 1.04 bits per heavy atom. The van der Waals surface area contributed by atoms with Crippen molar-refractivity contribution >= 4 is 12.0 Å². The highest BCUT2D eigenvalue weighted by Gasteiger charge is 2.25. The molecular weight excluding hydrogens is 296 g/mol. The first-order chi connectivity index (χ1) is 10.9. The number of hydrogen-bond acceptors (Lipinski definition) is 3. The molecule has 4 N–H and O–H groups in total. The van der Waals surface area contributed by atoms with E-state index in [4.69, 9.17) is 5.11 Å². The van der Waals surface area contributed by atoms with Crippen LogP contribution in [-0.2, 0) is 6.54 Å². The van der Waals surface area contributed by atoms with Crippen molar-refractivity contribution in [3.8, 4) is 0 Å². The molecule has 6 nitrogen and oxygen atoms in total. The van der Waals surface area contributed by atoms with Gasteiger partial charge in [-0.2, -0.15) is 0 Å². The number of aromatic carboxylic acids is 1. The quantitative estimate of drug-likeness (QED) is 0.561. The predicted molar refractivity (Wildman–Crippen MR) is 88.4 cm³/mol. The summed E-state index contributed by atoms with van der Waals surface area (Å²) in [4.78, 5) is 22.6. The lowest BCUT2D eigenvalue weighted by molar-refractivity contribution is 0.0241. The first-order valence-corrected chi connectivity index (χ1v) is 7.96. The molecule has 0 aliphatic heterocycles. The Hall–Kier alpha value is -2.08. The van der Waals surface area contributed by atoms with Gasteiger partial charge in [-0.25, -0.2) is 9.59 Å². The number of carbonyl (C=O) groups excluding carboxylic acids is 1. The van der Waals surface area contributed by atoms with Crippen LogP contribution in [0.2, 0.25) is 0 Å². The SMILES string of the molecule is CCCC(O)(CCC)CNC(=O)NCc1ccc(C(=O)O)cc1. The average Bonchev–Trinajstić information content (AvgIpc) is 2.52. The van der Waals surface area contributed by atoms with Gasteiger partial charge in [-0.1, -0.05) is 38.8 Å². The molecule has 1 aromatic rings. The molecular formula is C17H26N2O4. The number of carboxylic acids is 1. The van der Waals surface area contributed by atoms with Gasteiger partial charge in [-0.15, -0.1) is 0 Å². The number of nitrogens with one attached hydrogen (secondary N) is 2. The van der Waals surface area contributed by atoms with Gasteiger partial charge in [0.2, 0.25) is 0 Å². The third-order valence-corrected chi connectivity index (χ3v) is 3.66. The summed E-state index contributed by atoms with van der Waals surface area (Å²) < 4.78 is 0. The molecule has 128 valence electrons. The topological polar surface area (TPSA) is 98.7 Å². The molecule has 23 heavy (non-hydrogen) atoms. The summed E-state index contributed by atoms with van der Waals surface area (Å²) in [5.74, 6) is -0.978. The van der Waals surface area contributed by atoms with Crippen molar-refractivity contribution in [2.75, 3.05) is 6.54 Å². The Labute approximate surface area is 136 Å². The van der Waals surface area contributed by atoms with Gasteiger partial charge in [-0.3, -0.25) is 0 Å². The van der Waals surface area contributed by atoms with Crippen LogP contribution in [0.25, 0.3) is 0 Å². The third kappa shape index (κ3) is 6.69. The van der Waals surface area contributed by atoms with Gasteiger partial charge in [0.25, 0.3) is 0 Å². The number of aliphatic hydroxyl groups is 1. The minimum absolute atomic E-state index is 0.211. The van der Waals surface area contributed by atoms with E-state index in [1.807, 2.05) is 13.8 Å². The molecule has 6 heteroatoms. The van der Waals surface area contributed by atoms with Gasteiger partial charge in [0.15, 0.2) is 0 Å². The minimum atomic E-state index is -0.978. The molecule has 1 aromatic carbocycles. The maximum absolute atomic E-state index is 11.8. The number of hydrogen-bond donors (Lipinski definition) is 4. The van der Waals surface area contributed by atoms with E-state index in [1.54, 1.807) is 12.1 Å². The molecule has 0 saturated carbocycles. The maximum Gasteiger partial charge on any atom is 0.335 e. The van der Waals surface area contributed by atoms with Gasteiger partial charge >= 0.3 is 12.0 Å².